The number of Topliss-reactive ketones (excluding diaryl/α,β-unsaturated/α-hetero) is 1. The van der Waals surface area contributed by atoms with Crippen molar-refractivity contribution in [1.29, 1.82) is 0 Å². The average molecular weight is 215 g/mol. The first-order chi connectivity index (χ1) is 7.84. The van der Waals surface area contributed by atoms with Gasteiger partial charge >= 0.3 is 0 Å². The Balaban J connectivity index is 1.95. The van der Waals surface area contributed by atoms with Crippen LogP contribution in [0.1, 0.15) is 23.2 Å². The minimum atomic E-state index is 0.000344. The van der Waals surface area contributed by atoms with Gasteiger partial charge in [0.05, 0.1) is 23.4 Å². The summed E-state index contributed by atoms with van der Waals surface area (Å²) in [5.74, 6) is 0.189. The molecule has 82 valence electrons. The highest BCUT2D eigenvalue weighted by atomic mass is 16.1. The number of rotatable bonds is 2. The molecule has 1 fully saturated rings. The van der Waals surface area contributed by atoms with Crippen molar-refractivity contribution in [1.82, 2.24) is 15.3 Å². The third-order valence-corrected chi connectivity index (χ3v) is 3.08. The van der Waals surface area contributed by atoms with Gasteiger partial charge in [-0.3, -0.25) is 4.79 Å². The number of ketones is 1. The maximum absolute atomic E-state index is 12.1. The molecule has 1 unspecified atom stereocenters. The number of fused-ring (bicyclic) bond motifs is 1. The van der Waals surface area contributed by atoms with Crippen LogP contribution in [0.15, 0.2) is 24.5 Å². The van der Waals surface area contributed by atoms with E-state index in [-0.39, 0.29) is 11.8 Å². The van der Waals surface area contributed by atoms with Gasteiger partial charge in [-0.2, -0.15) is 0 Å². The van der Waals surface area contributed by atoms with E-state index in [2.05, 4.69) is 15.3 Å². The van der Waals surface area contributed by atoms with Gasteiger partial charge in [0.25, 0.3) is 0 Å². The number of H-pyrrole nitrogens is 1. The molecule has 4 nitrogen and oxygen atoms in total. The van der Waals surface area contributed by atoms with Crippen LogP contribution in [0.5, 0.6) is 0 Å². The first-order valence-corrected chi connectivity index (χ1v) is 5.55. The molecule has 1 aliphatic rings. The largest absolute Gasteiger partial charge is 0.345 e. The second-order valence-corrected chi connectivity index (χ2v) is 4.15. The predicted molar refractivity (Wildman–Crippen MR) is 61.4 cm³/mol. The van der Waals surface area contributed by atoms with Crippen molar-refractivity contribution < 1.29 is 4.79 Å². The summed E-state index contributed by atoms with van der Waals surface area (Å²) in [6.07, 6.45) is 3.68. The fourth-order valence-electron chi connectivity index (χ4n) is 2.20. The quantitative estimate of drug-likeness (QED) is 0.746. The summed E-state index contributed by atoms with van der Waals surface area (Å²) < 4.78 is 0. The average Bonchev–Trinajstić information content (AvgIpc) is 2.98. The number of imidazole rings is 1. The van der Waals surface area contributed by atoms with Gasteiger partial charge < -0.3 is 10.3 Å². The van der Waals surface area contributed by atoms with Gasteiger partial charge in [0.1, 0.15) is 0 Å². The van der Waals surface area contributed by atoms with E-state index in [0.717, 1.165) is 36.0 Å². The minimum absolute atomic E-state index is 0.000344. The van der Waals surface area contributed by atoms with Crippen LogP contribution in [0, 0.1) is 0 Å². The molecule has 0 saturated carbocycles. The van der Waals surface area contributed by atoms with Crippen LogP contribution in [0.2, 0.25) is 0 Å². The smallest absolute Gasteiger partial charge is 0.179 e. The molecule has 2 aromatic rings. The third-order valence-electron chi connectivity index (χ3n) is 3.08. The lowest BCUT2D eigenvalue weighted by Crippen LogP contribution is -2.30. The Morgan fingerprint density at radius 2 is 2.38 bits per heavy atom. The van der Waals surface area contributed by atoms with Gasteiger partial charge in [0.2, 0.25) is 0 Å². The minimum Gasteiger partial charge on any atom is -0.345 e. The van der Waals surface area contributed by atoms with Crippen molar-refractivity contribution in [2.24, 2.45) is 0 Å². The summed E-state index contributed by atoms with van der Waals surface area (Å²) in [6.45, 7) is 0.947. The maximum atomic E-state index is 12.1. The molecule has 0 bridgehead atoms. The van der Waals surface area contributed by atoms with Crippen LogP contribution < -0.4 is 5.32 Å². The molecule has 3 rings (SSSR count). The van der Waals surface area contributed by atoms with Crippen molar-refractivity contribution in [2.45, 2.75) is 18.9 Å². The molecule has 1 aliphatic heterocycles. The molecule has 2 heterocycles. The molecule has 2 N–H and O–H groups in total. The molecule has 1 saturated heterocycles. The Morgan fingerprint density at radius 3 is 3.19 bits per heavy atom. The number of aromatic nitrogens is 2. The van der Waals surface area contributed by atoms with E-state index >= 15 is 0 Å². The number of nitrogens with one attached hydrogen (secondary N) is 2. The van der Waals surface area contributed by atoms with Crippen molar-refractivity contribution in [3.63, 3.8) is 0 Å². The van der Waals surface area contributed by atoms with E-state index in [4.69, 9.17) is 0 Å². The number of nitrogens with zero attached hydrogens (tertiary/aromatic N) is 1. The van der Waals surface area contributed by atoms with Crippen LogP contribution in [-0.4, -0.2) is 28.3 Å². The Morgan fingerprint density at radius 1 is 1.44 bits per heavy atom. The number of hydrogen-bond donors (Lipinski definition) is 2. The Labute approximate surface area is 93.1 Å². The van der Waals surface area contributed by atoms with Crippen molar-refractivity contribution in [3.05, 3.63) is 30.1 Å². The van der Waals surface area contributed by atoms with Gasteiger partial charge in [-0.1, -0.05) is 0 Å². The molecule has 16 heavy (non-hydrogen) atoms. The van der Waals surface area contributed by atoms with Crippen LogP contribution >= 0.6 is 0 Å². The van der Waals surface area contributed by atoms with Crippen LogP contribution in [0.3, 0.4) is 0 Å². The number of aromatic amines is 1. The maximum Gasteiger partial charge on any atom is 0.179 e. The number of benzene rings is 1. The number of hydrogen-bond acceptors (Lipinski definition) is 3. The summed E-state index contributed by atoms with van der Waals surface area (Å²) in [4.78, 5) is 19.3. The molecular formula is C12H13N3O. The molecule has 0 radical (unpaired) electrons. The van der Waals surface area contributed by atoms with Crippen molar-refractivity contribution in [3.8, 4) is 0 Å². The topological polar surface area (TPSA) is 57.8 Å². The van der Waals surface area contributed by atoms with E-state index in [1.165, 1.54) is 0 Å². The van der Waals surface area contributed by atoms with Gasteiger partial charge in [-0.05, 0) is 37.6 Å². The SMILES string of the molecule is O=C(c1ccc2nc[nH]c2c1)C1CCCN1. The molecule has 0 aliphatic carbocycles. The molecule has 1 aromatic heterocycles. The van der Waals surface area contributed by atoms with E-state index in [1.807, 2.05) is 18.2 Å². The Kier molecular flexibility index (Phi) is 2.22. The van der Waals surface area contributed by atoms with E-state index in [9.17, 15) is 4.79 Å². The highest BCUT2D eigenvalue weighted by Crippen LogP contribution is 2.16. The zero-order valence-corrected chi connectivity index (χ0v) is 8.86. The lowest BCUT2D eigenvalue weighted by atomic mass is 10.0. The molecular weight excluding hydrogens is 202 g/mol. The van der Waals surface area contributed by atoms with Crippen LogP contribution in [0.25, 0.3) is 11.0 Å². The Hall–Kier alpha value is -1.68. The van der Waals surface area contributed by atoms with Gasteiger partial charge in [-0.25, -0.2) is 4.98 Å². The highest BCUT2D eigenvalue weighted by molar-refractivity contribution is 6.02. The lowest BCUT2D eigenvalue weighted by molar-refractivity contribution is 0.0952. The fourth-order valence-corrected chi connectivity index (χ4v) is 2.20. The predicted octanol–water partition coefficient (Wildman–Crippen LogP) is 1.50. The van der Waals surface area contributed by atoms with E-state index in [0.29, 0.717) is 0 Å². The van der Waals surface area contributed by atoms with Gasteiger partial charge in [0.15, 0.2) is 5.78 Å². The summed E-state index contributed by atoms with van der Waals surface area (Å²) >= 11 is 0. The summed E-state index contributed by atoms with van der Waals surface area (Å²) in [6, 6.07) is 5.62. The van der Waals surface area contributed by atoms with Gasteiger partial charge in [-0.15, -0.1) is 0 Å². The summed E-state index contributed by atoms with van der Waals surface area (Å²) in [7, 11) is 0. The summed E-state index contributed by atoms with van der Waals surface area (Å²) in [5, 5.41) is 3.22. The van der Waals surface area contributed by atoms with Crippen molar-refractivity contribution >= 4 is 16.8 Å². The lowest BCUT2D eigenvalue weighted by Gasteiger charge is -2.08. The van der Waals surface area contributed by atoms with Gasteiger partial charge in [0, 0.05) is 5.56 Å². The first kappa shape index (κ1) is 9.54. The first-order valence-electron chi connectivity index (χ1n) is 5.55. The van der Waals surface area contributed by atoms with Crippen LogP contribution in [-0.2, 0) is 0 Å². The monoisotopic (exact) mass is 215 g/mol. The number of carbonyl (C=O) groups is 1. The molecule has 0 amide bonds. The summed E-state index contributed by atoms with van der Waals surface area (Å²) in [5.41, 5.74) is 2.58. The van der Waals surface area contributed by atoms with E-state index < -0.39 is 0 Å². The zero-order valence-electron chi connectivity index (χ0n) is 8.86. The molecule has 1 aromatic carbocycles. The highest BCUT2D eigenvalue weighted by Gasteiger charge is 2.23. The van der Waals surface area contributed by atoms with Crippen LogP contribution in [0.4, 0.5) is 0 Å². The fraction of sp³-hybridized carbons (Fsp3) is 0.333. The molecule has 1 atom stereocenters. The molecule has 0 spiro atoms. The number of carbonyl (C=O) groups excluding carboxylic acids is 1. The third kappa shape index (κ3) is 1.51. The second-order valence-electron chi connectivity index (χ2n) is 4.15. The van der Waals surface area contributed by atoms with E-state index in [1.54, 1.807) is 6.33 Å². The zero-order chi connectivity index (χ0) is 11.0. The Bertz CT molecular complexity index is 526. The van der Waals surface area contributed by atoms with Crippen molar-refractivity contribution in [2.75, 3.05) is 6.54 Å². The standard InChI is InChI=1S/C12H13N3O/c16-12(10-2-1-5-13-10)8-3-4-9-11(6-8)15-7-14-9/h3-4,6-7,10,13H,1-2,5H2,(H,14,15). The molecule has 4 heteroatoms. The normalized spacial score (nSPS) is 20.4. The second kappa shape index (κ2) is 3.72.